The highest BCUT2D eigenvalue weighted by Crippen LogP contribution is 2.34. The van der Waals surface area contributed by atoms with Crippen LogP contribution in [0.3, 0.4) is 0 Å². The van der Waals surface area contributed by atoms with Crippen LogP contribution in [-0.2, 0) is 4.79 Å². The number of ether oxygens (including phenoxy) is 3. The Morgan fingerprint density at radius 3 is 2.74 bits per heavy atom. The molecule has 4 rings (SSSR count). The lowest BCUT2D eigenvalue weighted by atomic mass is 9.95. The van der Waals surface area contributed by atoms with Crippen molar-refractivity contribution in [2.24, 2.45) is 5.92 Å². The second-order valence-electron chi connectivity index (χ2n) is 6.44. The van der Waals surface area contributed by atoms with E-state index >= 15 is 0 Å². The number of nitrogens with one attached hydrogen (secondary N) is 1. The molecule has 1 fully saturated rings. The Labute approximate surface area is 160 Å². The van der Waals surface area contributed by atoms with Gasteiger partial charge < -0.3 is 24.4 Å². The van der Waals surface area contributed by atoms with Gasteiger partial charge in [0.25, 0.3) is 5.91 Å². The molecule has 27 heavy (non-hydrogen) atoms. The van der Waals surface area contributed by atoms with Crippen LogP contribution in [0.1, 0.15) is 22.5 Å². The molecule has 2 aliphatic heterocycles. The molecule has 1 saturated heterocycles. The van der Waals surface area contributed by atoms with Crippen LogP contribution in [-0.4, -0.2) is 43.7 Å². The first kappa shape index (κ1) is 17.7. The Morgan fingerprint density at radius 1 is 1.19 bits per heavy atom. The number of carbonyl (C=O) groups is 2. The molecule has 2 amide bonds. The summed E-state index contributed by atoms with van der Waals surface area (Å²) in [6.07, 6.45) is 1.27. The summed E-state index contributed by atoms with van der Waals surface area (Å²) < 4.78 is 15.8. The normalized spacial score (nSPS) is 16.3. The molecular formula is C19H20N2O5S. The second-order valence-corrected chi connectivity index (χ2v) is 7.36. The first-order valence-corrected chi connectivity index (χ1v) is 9.65. The third-order valence-corrected chi connectivity index (χ3v) is 5.72. The van der Waals surface area contributed by atoms with Crippen molar-refractivity contribution in [1.29, 1.82) is 0 Å². The zero-order valence-electron chi connectivity index (χ0n) is 14.9. The highest BCUT2D eigenvalue weighted by Gasteiger charge is 2.29. The monoisotopic (exact) mass is 388 g/mol. The van der Waals surface area contributed by atoms with Crippen LogP contribution in [0.25, 0.3) is 0 Å². The zero-order chi connectivity index (χ0) is 18.8. The van der Waals surface area contributed by atoms with Crippen molar-refractivity contribution in [1.82, 2.24) is 4.90 Å². The van der Waals surface area contributed by atoms with Gasteiger partial charge in [-0.1, -0.05) is 0 Å². The van der Waals surface area contributed by atoms with E-state index in [0.29, 0.717) is 53.7 Å². The maximum atomic E-state index is 12.6. The number of carbonyl (C=O) groups excluding carboxylic acids is 2. The zero-order valence-corrected chi connectivity index (χ0v) is 15.7. The van der Waals surface area contributed by atoms with Gasteiger partial charge in [0.2, 0.25) is 12.7 Å². The maximum Gasteiger partial charge on any atom is 0.267 e. The molecular weight excluding hydrogens is 368 g/mol. The van der Waals surface area contributed by atoms with Crippen LogP contribution in [0.15, 0.2) is 29.6 Å². The highest BCUT2D eigenvalue weighted by molar-refractivity contribution is 7.12. The second kappa shape index (κ2) is 7.48. The average Bonchev–Trinajstić information content (AvgIpc) is 3.36. The summed E-state index contributed by atoms with van der Waals surface area (Å²) in [5, 5.41) is 4.78. The molecule has 0 bridgehead atoms. The third kappa shape index (κ3) is 3.57. The number of anilines is 1. The van der Waals surface area contributed by atoms with Gasteiger partial charge in [-0.15, -0.1) is 11.3 Å². The fraction of sp³-hybridized carbons (Fsp3) is 0.368. The van der Waals surface area contributed by atoms with Crippen molar-refractivity contribution < 1.29 is 23.8 Å². The number of piperidine rings is 1. The molecule has 7 nitrogen and oxygen atoms in total. The van der Waals surface area contributed by atoms with Gasteiger partial charge in [-0.25, -0.2) is 0 Å². The van der Waals surface area contributed by atoms with E-state index in [0.717, 1.165) is 0 Å². The number of rotatable bonds is 4. The standard InChI is InChI=1S/C19H20N2O5S/c1-24-15-6-9-27-17(15)19(23)21-7-4-12(5-8-21)18(22)20-13-2-3-14-16(10-13)26-11-25-14/h2-3,6,9-10,12H,4-5,7-8,11H2,1H3,(H,20,22). The molecule has 3 heterocycles. The highest BCUT2D eigenvalue weighted by atomic mass is 32.1. The summed E-state index contributed by atoms with van der Waals surface area (Å²) in [5.41, 5.74) is 0.686. The van der Waals surface area contributed by atoms with E-state index < -0.39 is 0 Å². The summed E-state index contributed by atoms with van der Waals surface area (Å²) in [6, 6.07) is 7.15. The van der Waals surface area contributed by atoms with E-state index in [4.69, 9.17) is 14.2 Å². The summed E-state index contributed by atoms with van der Waals surface area (Å²) in [7, 11) is 1.56. The van der Waals surface area contributed by atoms with Gasteiger partial charge in [0.1, 0.15) is 10.6 Å². The predicted molar refractivity (Wildman–Crippen MR) is 101 cm³/mol. The summed E-state index contributed by atoms with van der Waals surface area (Å²) in [4.78, 5) is 27.6. The molecule has 1 N–H and O–H groups in total. The van der Waals surface area contributed by atoms with Gasteiger partial charge in [0.05, 0.1) is 7.11 Å². The number of hydrogen-bond donors (Lipinski definition) is 1. The van der Waals surface area contributed by atoms with E-state index in [9.17, 15) is 9.59 Å². The lowest BCUT2D eigenvalue weighted by Gasteiger charge is -2.31. The van der Waals surface area contributed by atoms with Crippen LogP contribution in [0.2, 0.25) is 0 Å². The number of fused-ring (bicyclic) bond motifs is 1. The van der Waals surface area contributed by atoms with Crippen molar-refractivity contribution in [3.8, 4) is 17.2 Å². The molecule has 2 aliphatic rings. The number of hydrogen-bond acceptors (Lipinski definition) is 6. The molecule has 0 atom stereocenters. The Kier molecular flexibility index (Phi) is 4.89. The molecule has 142 valence electrons. The molecule has 1 aromatic heterocycles. The number of methoxy groups -OCH3 is 1. The quantitative estimate of drug-likeness (QED) is 0.871. The number of thiophene rings is 1. The van der Waals surface area contributed by atoms with Crippen LogP contribution in [0.4, 0.5) is 5.69 Å². The first-order chi connectivity index (χ1) is 13.2. The molecule has 0 saturated carbocycles. The molecule has 2 aromatic rings. The van der Waals surface area contributed by atoms with Gasteiger partial charge in [-0.2, -0.15) is 0 Å². The van der Waals surface area contributed by atoms with Crippen LogP contribution >= 0.6 is 11.3 Å². The minimum atomic E-state index is -0.121. The Bertz CT molecular complexity index is 858. The minimum absolute atomic E-state index is 0.0310. The van der Waals surface area contributed by atoms with Gasteiger partial charge in [-0.3, -0.25) is 9.59 Å². The van der Waals surface area contributed by atoms with E-state index in [-0.39, 0.29) is 24.5 Å². The van der Waals surface area contributed by atoms with Crippen molar-refractivity contribution in [2.45, 2.75) is 12.8 Å². The topological polar surface area (TPSA) is 77.1 Å². The average molecular weight is 388 g/mol. The number of likely N-dealkylation sites (tertiary alicyclic amines) is 1. The fourth-order valence-electron chi connectivity index (χ4n) is 3.32. The van der Waals surface area contributed by atoms with Gasteiger partial charge in [0.15, 0.2) is 11.5 Å². The van der Waals surface area contributed by atoms with E-state index in [2.05, 4.69) is 5.32 Å². The number of nitrogens with zero attached hydrogens (tertiary/aromatic N) is 1. The number of amides is 2. The van der Waals surface area contributed by atoms with Crippen molar-refractivity contribution in [3.05, 3.63) is 34.5 Å². The lowest BCUT2D eigenvalue weighted by Crippen LogP contribution is -2.41. The van der Waals surface area contributed by atoms with Gasteiger partial charge >= 0.3 is 0 Å². The maximum absolute atomic E-state index is 12.6. The summed E-state index contributed by atoms with van der Waals surface area (Å²) in [5.74, 6) is 1.74. The van der Waals surface area contributed by atoms with Crippen molar-refractivity contribution in [3.63, 3.8) is 0 Å². The summed E-state index contributed by atoms with van der Waals surface area (Å²) in [6.45, 7) is 1.31. The Hall–Kier alpha value is -2.74. The van der Waals surface area contributed by atoms with Crippen LogP contribution < -0.4 is 19.5 Å². The van der Waals surface area contributed by atoms with Crippen LogP contribution in [0.5, 0.6) is 17.2 Å². The fourth-order valence-corrected chi connectivity index (χ4v) is 4.15. The van der Waals surface area contributed by atoms with Gasteiger partial charge in [0, 0.05) is 30.8 Å². The van der Waals surface area contributed by atoms with Crippen LogP contribution in [0, 0.1) is 5.92 Å². The number of benzene rings is 1. The van der Waals surface area contributed by atoms with E-state index in [1.165, 1.54) is 11.3 Å². The summed E-state index contributed by atoms with van der Waals surface area (Å²) >= 11 is 1.38. The third-order valence-electron chi connectivity index (χ3n) is 4.84. The van der Waals surface area contributed by atoms with E-state index in [1.54, 1.807) is 36.3 Å². The molecule has 0 aliphatic carbocycles. The molecule has 8 heteroatoms. The minimum Gasteiger partial charge on any atom is -0.495 e. The van der Waals surface area contributed by atoms with Crippen molar-refractivity contribution in [2.75, 3.05) is 32.3 Å². The smallest absolute Gasteiger partial charge is 0.267 e. The predicted octanol–water partition coefficient (Wildman–Crippen LogP) is 2.98. The molecule has 1 aromatic carbocycles. The molecule has 0 spiro atoms. The lowest BCUT2D eigenvalue weighted by molar-refractivity contribution is -0.121. The Balaban J connectivity index is 1.33. The largest absolute Gasteiger partial charge is 0.495 e. The van der Waals surface area contributed by atoms with E-state index in [1.807, 2.05) is 5.38 Å². The van der Waals surface area contributed by atoms with Crippen molar-refractivity contribution >= 4 is 28.8 Å². The first-order valence-electron chi connectivity index (χ1n) is 8.77. The SMILES string of the molecule is COc1ccsc1C(=O)N1CCC(C(=O)Nc2ccc3c(c2)OCO3)CC1. The molecule has 0 radical (unpaired) electrons. The molecule has 0 unspecified atom stereocenters. The Morgan fingerprint density at radius 2 is 1.96 bits per heavy atom. The van der Waals surface area contributed by atoms with Gasteiger partial charge in [-0.05, 0) is 36.4 Å².